The Kier molecular flexibility index (Phi) is 14.7. The number of nitrogens with zero attached hydrogens (tertiary/aromatic N) is 3. The topological polar surface area (TPSA) is 121 Å². The minimum absolute atomic E-state index is 0.183. The summed E-state index contributed by atoms with van der Waals surface area (Å²) in [6.45, 7) is 19.7. The maximum absolute atomic E-state index is 5.96. The number of nitrogens with two attached hydrogens (primary N) is 3. The molecule has 0 unspecified atom stereocenters. The van der Waals surface area contributed by atoms with E-state index in [1.807, 2.05) is 18.2 Å². The number of aryl methyl sites for hydroxylation is 1. The third-order valence-corrected chi connectivity index (χ3v) is 5.79. The zero-order chi connectivity index (χ0) is 27.8. The van der Waals surface area contributed by atoms with Crippen molar-refractivity contribution < 1.29 is 0 Å². The summed E-state index contributed by atoms with van der Waals surface area (Å²) in [6.07, 6.45) is 2.48. The van der Waals surface area contributed by atoms with Crippen LogP contribution < -0.4 is 27.8 Å². The predicted octanol–water partition coefficient (Wildman–Crippen LogP) is 3.89. The maximum Gasteiger partial charge on any atom is 0.127 e. The molecule has 0 radical (unpaired) electrons. The Balaban J connectivity index is 0.000000584. The lowest BCUT2D eigenvalue weighted by molar-refractivity contribution is 0.0291. The number of rotatable bonds is 10. The van der Waals surface area contributed by atoms with E-state index in [2.05, 4.69) is 104 Å². The van der Waals surface area contributed by atoms with Gasteiger partial charge in [0.2, 0.25) is 0 Å². The Morgan fingerprint density at radius 1 is 1.19 bits per heavy atom. The van der Waals surface area contributed by atoms with Crippen molar-refractivity contribution in [1.29, 1.82) is 0 Å². The summed E-state index contributed by atoms with van der Waals surface area (Å²) in [5.41, 5.74) is 22.8. The number of benzene rings is 2. The highest BCUT2D eigenvalue weighted by Gasteiger charge is 2.22. The Hall–Kier alpha value is -3.33. The molecule has 1 heterocycles. The molecule has 1 aliphatic rings. The van der Waals surface area contributed by atoms with Gasteiger partial charge in [-0.05, 0) is 48.8 Å². The summed E-state index contributed by atoms with van der Waals surface area (Å²) < 4.78 is 0. The molecule has 2 aromatic rings. The fourth-order valence-corrected chi connectivity index (χ4v) is 3.63. The second-order valence-electron chi connectivity index (χ2n) is 9.13. The summed E-state index contributed by atoms with van der Waals surface area (Å²) in [4.78, 5) is 4.07. The van der Waals surface area contributed by atoms with Gasteiger partial charge in [0.15, 0.2) is 0 Å². The molecule has 204 valence electrons. The number of fused-ring (bicyclic) bond motifs is 1. The van der Waals surface area contributed by atoms with Crippen molar-refractivity contribution >= 4 is 11.5 Å². The van der Waals surface area contributed by atoms with Crippen molar-refractivity contribution in [2.45, 2.75) is 53.2 Å². The zero-order valence-electron chi connectivity index (χ0n) is 23.4. The summed E-state index contributed by atoms with van der Waals surface area (Å²) in [5, 5.41) is 11.2. The molecule has 0 atom stereocenters. The number of amidine groups is 1. The number of anilines is 1. The van der Waals surface area contributed by atoms with Gasteiger partial charge in [-0.1, -0.05) is 70.3 Å². The van der Waals surface area contributed by atoms with Crippen LogP contribution in [-0.4, -0.2) is 48.7 Å². The Morgan fingerprint density at radius 2 is 1.78 bits per heavy atom. The van der Waals surface area contributed by atoms with Crippen LogP contribution in [0.2, 0.25) is 0 Å². The van der Waals surface area contributed by atoms with Crippen LogP contribution in [-0.2, 0) is 13.1 Å². The van der Waals surface area contributed by atoms with Crippen molar-refractivity contribution in [2.24, 2.45) is 22.2 Å². The van der Waals surface area contributed by atoms with E-state index in [9.17, 15) is 0 Å². The SMILES string of the molecule is C=C(CNc1cc(/C(N)=N/CN)ccc1C)N(C)N1Cc2ccccc2C1.C=CN.CCCNC(C)C. The summed E-state index contributed by atoms with van der Waals surface area (Å²) in [7, 11) is 2.06. The molecule has 3 rings (SSSR count). The van der Waals surface area contributed by atoms with E-state index in [4.69, 9.17) is 11.5 Å². The molecular formula is C29H48N8. The molecule has 0 aliphatic carbocycles. The molecule has 8 nitrogen and oxygen atoms in total. The van der Waals surface area contributed by atoms with Crippen LogP contribution in [0.1, 0.15) is 49.4 Å². The molecule has 1 aliphatic heterocycles. The van der Waals surface area contributed by atoms with E-state index in [0.29, 0.717) is 18.4 Å². The van der Waals surface area contributed by atoms with Gasteiger partial charge in [-0.25, -0.2) is 5.01 Å². The first-order valence-corrected chi connectivity index (χ1v) is 12.8. The van der Waals surface area contributed by atoms with E-state index < -0.39 is 0 Å². The molecule has 0 bridgehead atoms. The fraction of sp³-hybridized carbons (Fsp3) is 0.414. The molecule has 8 N–H and O–H groups in total. The number of hydrogen-bond acceptors (Lipinski definition) is 7. The monoisotopic (exact) mass is 508 g/mol. The van der Waals surface area contributed by atoms with Crippen LogP contribution in [0.25, 0.3) is 0 Å². The first-order valence-electron chi connectivity index (χ1n) is 12.8. The zero-order valence-corrected chi connectivity index (χ0v) is 23.4. The molecule has 0 fully saturated rings. The summed E-state index contributed by atoms with van der Waals surface area (Å²) in [6, 6.07) is 15.2. The minimum atomic E-state index is 0.183. The van der Waals surface area contributed by atoms with Gasteiger partial charge in [0.1, 0.15) is 5.84 Å². The Morgan fingerprint density at radius 3 is 2.27 bits per heavy atom. The molecule has 0 amide bonds. The van der Waals surface area contributed by atoms with Gasteiger partial charge >= 0.3 is 0 Å². The molecule has 8 heteroatoms. The molecule has 0 aromatic heterocycles. The van der Waals surface area contributed by atoms with Gasteiger partial charge in [0, 0.05) is 43.1 Å². The van der Waals surface area contributed by atoms with Crippen molar-refractivity contribution in [3.63, 3.8) is 0 Å². The van der Waals surface area contributed by atoms with E-state index in [1.165, 1.54) is 23.7 Å². The van der Waals surface area contributed by atoms with Crippen molar-refractivity contribution in [1.82, 2.24) is 15.3 Å². The van der Waals surface area contributed by atoms with Gasteiger partial charge in [-0.15, -0.1) is 0 Å². The van der Waals surface area contributed by atoms with Crippen LogP contribution >= 0.6 is 0 Å². The smallest absolute Gasteiger partial charge is 0.127 e. The summed E-state index contributed by atoms with van der Waals surface area (Å²) in [5.74, 6) is 0.450. The van der Waals surface area contributed by atoms with Gasteiger partial charge in [0.05, 0.1) is 13.2 Å². The number of likely N-dealkylation sites (N-methyl/N-ethyl adjacent to an activating group) is 1. The highest BCUT2D eigenvalue weighted by molar-refractivity contribution is 5.98. The van der Waals surface area contributed by atoms with E-state index in [1.54, 1.807) is 0 Å². The highest BCUT2D eigenvalue weighted by atomic mass is 15.6. The van der Waals surface area contributed by atoms with Crippen LogP contribution in [0.4, 0.5) is 5.69 Å². The van der Waals surface area contributed by atoms with Crippen LogP contribution in [0, 0.1) is 6.92 Å². The van der Waals surface area contributed by atoms with E-state index in [-0.39, 0.29) is 6.67 Å². The first kappa shape index (κ1) is 31.7. The average molecular weight is 509 g/mol. The number of hydrogen-bond donors (Lipinski definition) is 5. The number of aliphatic imine (C=N–C) groups is 1. The minimum Gasteiger partial charge on any atom is -0.405 e. The van der Waals surface area contributed by atoms with Gasteiger partial charge in [0.25, 0.3) is 0 Å². The second-order valence-corrected chi connectivity index (χ2v) is 9.13. The normalized spacial score (nSPS) is 12.6. The quantitative estimate of drug-likeness (QED) is 0.244. The molecule has 2 aromatic carbocycles. The maximum atomic E-state index is 5.96. The Labute approximate surface area is 224 Å². The molecule has 37 heavy (non-hydrogen) atoms. The lowest BCUT2D eigenvalue weighted by Gasteiger charge is -2.31. The standard InChI is InChI=1S/C21H28N6.C6H15N.C2H5N/c1-15-8-9-17(21(23)25-14-22)10-20(15)24-11-16(2)26(3)27-12-18-6-4-5-7-19(18)13-27;1-4-5-7-6(2)3;1-2-3/h4-10,24H,2,11-14,22H2,1,3H3,(H2,23,25);6-7H,4-5H2,1-3H3;2H,1,3H2. The number of hydrazine groups is 1. The largest absolute Gasteiger partial charge is 0.405 e. The van der Waals surface area contributed by atoms with Crippen LogP contribution in [0.5, 0.6) is 0 Å². The predicted molar refractivity (Wildman–Crippen MR) is 160 cm³/mol. The van der Waals surface area contributed by atoms with E-state index in [0.717, 1.165) is 42.1 Å². The molecule has 0 saturated carbocycles. The van der Waals surface area contributed by atoms with E-state index >= 15 is 0 Å². The first-order chi connectivity index (χ1) is 17.7. The molecule has 0 spiro atoms. The van der Waals surface area contributed by atoms with Crippen molar-refractivity contribution in [2.75, 3.05) is 32.1 Å². The van der Waals surface area contributed by atoms with Gasteiger partial charge in [-0.3, -0.25) is 4.99 Å². The second kappa shape index (κ2) is 17.2. The molecular weight excluding hydrogens is 460 g/mol. The fourth-order valence-electron chi connectivity index (χ4n) is 3.63. The highest BCUT2D eigenvalue weighted by Crippen LogP contribution is 2.25. The Bertz CT molecular complexity index is 974. The third kappa shape index (κ3) is 11.1. The van der Waals surface area contributed by atoms with Gasteiger partial charge < -0.3 is 32.8 Å². The number of nitrogens with one attached hydrogen (secondary N) is 2. The third-order valence-electron chi connectivity index (χ3n) is 5.79. The van der Waals surface area contributed by atoms with Crippen LogP contribution in [0.15, 0.2) is 72.5 Å². The average Bonchev–Trinajstić information content (AvgIpc) is 3.31. The van der Waals surface area contributed by atoms with Crippen molar-refractivity contribution in [3.05, 3.63) is 89.8 Å². The molecule has 0 saturated heterocycles. The lowest BCUT2D eigenvalue weighted by Crippen LogP contribution is -2.36. The summed E-state index contributed by atoms with van der Waals surface area (Å²) >= 11 is 0. The van der Waals surface area contributed by atoms with Crippen LogP contribution in [0.3, 0.4) is 0 Å². The van der Waals surface area contributed by atoms with Crippen molar-refractivity contribution in [3.8, 4) is 0 Å². The lowest BCUT2D eigenvalue weighted by atomic mass is 10.1. The van der Waals surface area contributed by atoms with Gasteiger partial charge in [-0.2, -0.15) is 0 Å².